The van der Waals surface area contributed by atoms with Crippen LogP contribution in [0.5, 0.6) is 0 Å². The van der Waals surface area contributed by atoms with Crippen molar-refractivity contribution in [3.05, 3.63) is 11.9 Å². The summed E-state index contributed by atoms with van der Waals surface area (Å²) >= 11 is 0. The molecule has 0 N–H and O–H groups in total. The average molecular weight is 322 g/mol. The van der Waals surface area contributed by atoms with Crippen LogP contribution in [-0.2, 0) is 11.0 Å². The first-order chi connectivity index (χ1) is 10.8. The second kappa shape index (κ2) is 9.44. The number of nitrogens with zero attached hydrogens (tertiary/aromatic N) is 3. The molecule has 0 radical (unpaired) electrons. The quantitative estimate of drug-likeness (QED) is 0.452. The van der Waals surface area contributed by atoms with E-state index < -0.39 is 0 Å². The summed E-state index contributed by atoms with van der Waals surface area (Å²) in [5.74, 6) is 0. The van der Waals surface area contributed by atoms with Gasteiger partial charge in [0.15, 0.2) is 0 Å². The van der Waals surface area contributed by atoms with E-state index in [1.807, 2.05) is 0 Å². The molecular weight excluding hydrogens is 282 g/mol. The second-order valence-electron chi connectivity index (χ2n) is 8.42. The molecule has 3 nitrogen and oxygen atoms in total. The van der Waals surface area contributed by atoms with E-state index >= 15 is 0 Å². The largest absolute Gasteiger partial charge is 0.246 e. The fourth-order valence-corrected chi connectivity index (χ4v) is 3.09. The van der Waals surface area contributed by atoms with E-state index in [1.54, 1.807) is 0 Å². The Kier molecular flexibility index (Phi) is 8.28. The van der Waals surface area contributed by atoms with Gasteiger partial charge in [-0.25, -0.2) is 4.68 Å². The maximum Gasteiger partial charge on any atom is 0.0880 e. The van der Waals surface area contributed by atoms with E-state index in [0.717, 1.165) is 5.69 Å². The van der Waals surface area contributed by atoms with Gasteiger partial charge < -0.3 is 0 Å². The van der Waals surface area contributed by atoms with Gasteiger partial charge in [-0.05, 0) is 19.8 Å². The van der Waals surface area contributed by atoms with Crippen LogP contribution in [0.25, 0.3) is 0 Å². The van der Waals surface area contributed by atoms with Crippen LogP contribution in [0, 0.1) is 0 Å². The third kappa shape index (κ3) is 6.64. The highest BCUT2D eigenvalue weighted by Crippen LogP contribution is 2.31. The predicted molar refractivity (Wildman–Crippen MR) is 99.9 cm³/mol. The predicted octanol–water partition coefficient (Wildman–Crippen LogP) is 6.23. The SMILES string of the molecule is CCCCCCCC(C)(CCCCC)n1cc(C(C)(C)C)nn1. The van der Waals surface area contributed by atoms with Crippen LogP contribution >= 0.6 is 0 Å². The Balaban J connectivity index is 2.75. The highest BCUT2D eigenvalue weighted by atomic mass is 15.4. The molecule has 1 rings (SSSR count). The molecule has 0 spiro atoms. The van der Waals surface area contributed by atoms with Gasteiger partial charge in [0, 0.05) is 11.6 Å². The molecule has 1 atom stereocenters. The molecule has 1 aromatic heterocycles. The molecule has 134 valence electrons. The minimum absolute atomic E-state index is 0.0731. The standard InChI is InChI=1S/C20H39N3/c1-7-9-11-12-14-16-20(6,15-13-10-8-2)23-17-18(21-22-23)19(3,4)5/h17H,7-16H2,1-6H3. The molecule has 23 heavy (non-hydrogen) atoms. The minimum Gasteiger partial charge on any atom is -0.246 e. The van der Waals surface area contributed by atoms with E-state index in [1.165, 1.54) is 64.2 Å². The van der Waals surface area contributed by atoms with Gasteiger partial charge in [0.2, 0.25) is 0 Å². The van der Waals surface area contributed by atoms with Crippen molar-refractivity contribution in [2.24, 2.45) is 0 Å². The highest BCUT2D eigenvalue weighted by Gasteiger charge is 2.29. The van der Waals surface area contributed by atoms with Crippen LogP contribution in [0.1, 0.15) is 111 Å². The Bertz CT molecular complexity index is 430. The molecule has 1 aromatic rings. The van der Waals surface area contributed by atoms with Gasteiger partial charge in [-0.3, -0.25) is 0 Å². The summed E-state index contributed by atoms with van der Waals surface area (Å²) in [7, 11) is 0. The Morgan fingerprint density at radius 2 is 1.35 bits per heavy atom. The van der Waals surface area contributed by atoms with Gasteiger partial charge >= 0.3 is 0 Å². The normalized spacial score (nSPS) is 14.9. The lowest BCUT2D eigenvalue weighted by atomic mass is 9.88. The van der Waals surface area contributed by atoms with Crippen molar-refractivity contribution in [3.63, 3.8) is 0 Å². The Hall–Kier alpha value is -0.860. The number of aromatic nitrogens is 3. The molecule has 0 saturated heterocycles. The lowest BCUT2D eigenvalue weighted by molar-refractivity contribution is 0.223. The fourth-order valence-electron chi connectivity index (χ4n) is 3.09. The number of hydrogen-bond acceptors (Lipinski definition) is 2. The van der Waals surface area contributed by atoms with E-state index in [9.17, 15) is 0 Å². The molecule has 1 unspecified atom stereocenters. The third-order valence-electron chi connectivity index (χ3n) is 4.95. The Morgan fingerprint density at radius 3 is 1.87 bits per heavy atom. The van der Waals surface area contributed by atoms with Gasteiger partial charge in [0.1, 0.15) is 0 Å². The smallest absolute Gasteiger partial charge is 0.0880 e. The molecule has 1 heterocycles. The van der Waals surface area contributed by atoms with Gasteiger partial charge in [0.25, 0.3) is 0 Å². The molecular formula is C20H39N3. The fraction of sp³-hybridized carbons (Fsp3) is 0.900. The summed E-state index contributed by atoms with van der Waals surface area (Å²) in [4.78, 5) is 0. The Labute approximate surface area is 144 Å². The van der Waals surface area contributed by atoms with Gasteiger partial charge in [-0.2, -0.15) is 0 Å². The van der Waals surface area contributed by atoms with E-state index in [0.29, 0.717) is 0 Å². The third-order valence-corrected chi connectivity index (χ3v) is 4.95. The average Bonchev–Trinajstić information content (AvgIpc) is 2.98. The molecule has 0 aromatic carbocycles. The van der Waals surface area contributed by atoms with Crippen molar-refractivity contribution in [2.45, 2.75) is 117 Å². The van der Waals surface area contributed by atoms with Crippen LogP contribution < -0.4 is 0 Å². The van der Waals surface area contributed by atoms with Gasteiger partial charge in [-0.15, -0.1) is 5.10 Å². The topological polar surface area (TPSA) is 30.7 Å². The molecule has 0 aliphatic heterocycles. The summed E-state index contributed by atoms with van der Waals surface area (Å²) in [5, 5.41) is 8.97. The van der Waals surface area contributed by atoms with Crippen molar-refractivity contribution in [1.82, 2.24) is 15.0 Å². The van der Waals surface area contributed by atoms with Crippen LogP contribution in [-0.4, -0.2) is 15.0 Å². The lowest BCUT2D eigenvalue weighted by Crippen LogP contribution is -2.31. The molecule has 0 fully saturated rings. The molecule has 3 heteroatoms. The monoisotopic (exact) mass is 321 g/mol. The van der Waals surface area contributed by atoms with Crippen LogP contribution in [0.4, 0.5) is 0 Å². The van der Waals surface area contributed by atoms with Crippen molar-refractivity contribution < 1.29 is 0 Å². The maximum atomic E-state index is 4.52. The van der Waals surface area contributed by atoms with Crippen molar-refractivity contribution in [3.8, 4) is 0 Å². The van der Waals surface area contributed by atoms with Gasteiger partial charge in [0.05, 0.1) is 11.2 Å². The minimum atomic E-state index is 0.0731. The first kappa shape index (κ1) is 20.2. The van der Waals surface area contributed by atoms with Crippen molar-refractivity contribution >= 4 is 0 Å². The molecule has 0 bridgehead atoms. The zero-order valence-corrected chi connectivity index (χ0v) is 16.5. The molecule has 0 saturated carbocycles. The number of hydrogen-bond donors (Lipinski definition) is 0. The van der Waals surface area contributed by atoms with E-state index in [2.05, 4.69) is 62.7 Å². The van der Waals surface area contributed by atoms with Gasteiger partial charge in [-0.1, -0.05) is 91.2 Å². The van der Waals surface area contributed by atoms with Crippen molar-refractivity contribution in [1.29, 1.82) is 0 Å². The van der Waals surface area contributed by atoms with Crippen LogP contribution in [0.2, 0.25) is 0 Å². The van der Waals surface area contributed by atoms with Crippen LogP contribution in [0.15, 0.2) is 6.20 Å². The summed E-state index contributed by atoms with van der Waals surface area (Å²) in [5.41, 5.74) is 1.30. The zero-order valence-electron chi connectivity index (χ0n) is 16.5. The molecule has 0 aliphatic carbocycles. The van der Waals surface area contributed by atoms with E-state index in [-0.39, 0.29) is 11.0 Å². The highest BCUT2D eigenvalue weighted by molar-refractivity contribution is 5.07. The van der Waals surface area contributed by atoms with E-state index in [4.69, 9.17) is 0 Å². The molecule has 0 aliphatic rings. The summed E-state index contributed by atoms with van der Waals surface area (Å²) < 4.78 is 2.17. The number of unbranched alkanes of at least 4 members (excludes halogenated alkanes) is 6. The number of rotatable bonds is 11. The lowest BCUT2D eigenvalue weighted by Gasteiger charge is -2.30. The zero-order chi connectivity index (χ0) is 17.3. The summed E-state index contributed by atoms with van der Waals surface area (Å²) in [6, 6.07) is 0. The summed E-state index contributed by atoms with van der Waals surface area (Å²) in [6.07, 6.45) is 15.2. The summed E-state index contributed by atoms with van der Waals surface area (Å²) in [6.45, 7) is 13.6. The van der Waals surface area contributed by atoms with Crippen LogP contribution in [0.3, 0.4) is 0 Å². The first-order valence-electron chi connectivity index (χ1n) is 9.77. The second-order valence-corrected chi connectivity index (χ2v) is 8.42. The Morgan fingerprint density at radius 1 is 0.826 bits per heavy atom. The first-order valence-corrected chi connectivity index (χ1v) is 9.77. The molecule has 0 amide bonds. The van der Waals surface area contributed by atoms with Crippen molar-refractivity contribution in [2.75, 3.05) is 0 Å². The maximum absolute atomic E-state index is 4.52.